The van der Waals surface area contributed by atoms with Gasteiger partial charge in [-0.3, -0.25) is 14.4 Å². The minimum Gasteiger partial charge on any atom is -0.462 e. The molecule has 0 radical (unpaired) electrons. The van der Waals surface area contributed by atoms with Crippen LogP contribution >= 0.6 is 0 Å². The van der Waals surface area contributed by atoms with E-state index in [2.05, 4.69) is 10.6 Å². The molecule has 29 heavy (non-hydrogen) atoms. The topological polar surface area (TPSA) is 102 Å². The number of Topliss-reactive ketones (excluding diaryl/α,β-unsaturated/α-hetero) is 1. The van der Waals surface area contributed by atoms with E-state index >= 15 is 0 Å². The lowest BCUT2D eigenvalue weighted by molar-refractivity contribution is -0.122. The standard InChI is InChI=1S/C22H22N2O5/c1-3-29-22(28)16-9-4-5-10-19(16)24-21(27)18-12-17(18)20(26)23-15-8-6-7-14(11-15)13(2)25/h4-11,17-18H,3,12H2,1-2H3,(H,23,26)(H,24,27). The average Bonchev–Trinajstić information content (AvgIpc) is 3.50. The van der Waals surface area contributed by atoms with Gasteiger partial charge in [0, 0.05) is 11.3 Å². The molecule has 2 unspecified atom stereocenters. The monoisotopic (exact) mass is 394 g/mol. The quantitative estimate of drug-likeness (QED) is 0.554. The summed E-state index contributed by atoms with van der Waals surface area (Å²) in [6, 6.07) is 13.2. The van der Waals surface area contributed by atoms with Crippen molar-refractivity contribution >= 4 is 34.9 Å². The van der Waals surface area contributed by atoms with Gasteiger partial charge in [-0.25, -0.2) is 4.79 Å². The zero-order valence-corrected chi connectivity index (χ0v) is 16.2. The molecule has 0 heterocycles. The van der Waals surface area contributed by atoms with Crippen LogP contribution in [0.2, 0.25) is 0 Å². The summed E-state index contributed by atoms with van der Waals surface area (Å²) < 4.78 is 5.00. The highest BCUT2D eigenvalue weighted by Crippen LogP contribution is 2.40. The molecule has 1 fully saturated rings. The Morgan fingerprint density at radius 2 is 1.66 bits per heavy atom. The largest absolute Gasteiger partial charge is 0.462 e. The van der Waals surface area contributed by atoms with E-state index < -0.39 is 17.8 Å². The van der Waals surface area contributed by atoms with Crippen LogP contribution in [-0.2, 0) is 14.3 Å². The number of esters is 1. The normalized spacial score (nSPS) is 17.2. The van der Waals surface area contributed by atoms with Gasteiger partial charge in [0.05, 0.1) is 29.7 Å². The zero-order valence-electron chi connectivity index (χ0n) is 16.2. The van der Waals surface area contributed by atoms with Crippen molar-refractivity contribution in [2.45, 2.75) is 20.3 Å². The summed E-state index contributed by atoms with van der Waals surface area (Å²) in [4.78, 5) is 48.4. The fourth-order valence-electron chi connectivity index (χ4n) is 3.03. The third kappa shape index (κ3) is 4.87. The SMILES string of the molecule is CCOC(=O)c1ccccc1NC(=O)C1CC1C(=O)Nc1cccc(C(C)=O)c1. The molecule has 3 rings (SSSR count). The van der Waals surface area contributed by atoms with Crippen molar-refractivity contribution in [3.63, 3.8) is 0 Å². The molecule has 7 heteroatoms. The molecule has 0 aliphatic heterocycles. The lowest BCUT2D eigenvalue weighted by atomic mass is 10.1. The van der Waals surface area contributed by atoms with Crippen LogP contribution in [0.4, 0.5) is 11.4 Å². The summed E-state index contributed by atoms with van der Waals surface area (Å²) in [7, 11) is 0. The number of carbonyl (C=O) groups is 4. The van der Waals surface area contributed by atoms with E-state index in [1.165, 1.54) is 6.92 Å². The second-order valence-electron chi connectivity index (χ2n) is 6.83. The van der Waals surface area contributed by atoms with E-state index in [1.54, 1.807) is 55.5 Å². The Morgan fingerprint density at radius 3 is 2.34 bits per heavy atom. The summed E-state index contributed by atoms with van der Waals surface area (Å²) in [6.45, 7) is 3.39. The maximum absolute atomic E-state index is 12.5. The highest BCUT2D eigenvalue weighted by atomic mass is 16.5. The molecule has 150 valence electrons. The first-order valence-corrected chi connectivity index (χ1v) is 9.39. The van der Waals surface area contributed by atoms with Crippen LogP contribution in [-0.4, -0.2) is 30.2 Å². The molecular weight excluding hydrogens is 372 g/mol. The van der Waals surface area contributed by atoms with Crippen molar-refractivity contribution in [3.05, 3.63) is 59.7 Å². The molecule has 2 amide bonds. The first-order valence-electron chi connectivity index (χ1n) is 9.39. The number of nitrogens with one attached hydrogen (secondary N) is 2. The van der Waals surface area contributed by atoms with Gasteiger partial charge in [0.25, 0.3) is 0 Å². The van der Waals surface area contributed by atoms with Crippen molar-refractivity contribution in [3.8, 4) is 0 Å². The number of ketones is 1. The molecule has 1 saturated carbocycles. The van der Waals surface area contributed by atoms with E-state index in [0.717, 1.165) is 0 Å². The molecule has 2 atom stereocenters. The Balaban J connectivity index is 1.61. The summed E-state index contributed by atoms with van der Waals surface area (Å²) >= 11 is 0. The lowest BCUT2D eigenvalue weighted by Gasteiger charge is -2.10. The fourth-order valence-corrected chi connectivity index (χ4v) is 3.03. The van der Waals surface area contributed by atoms with Crippen LogP contribution in [0.3, 0.4) is 0 Å². The van der Waals surface area contributed by atoms with Gasteiger partial charge in [-0.1, -0.05) is 24.3 Å². The van der Waals surface area contributed by atoms with Crippen molar-refractivity contribution < 1.29 is 23.9 Å². The Kier molecular flexibility index (Phi) is 6.07. The second-order valence-corrected chi connectivity index (χ2v) is 6.83. The summed E-state index contributed by atoms with van der Waals surface area (Å²) in [6.07, 6.45) is 0.422. The first kappa shape index (κ1) is 20.3. The Labute approximate surface area is 168 Å². The molecule has 1 aliphatic carbocycles. The molecule has 2 aromatic carbocycles. The van der Waals surface area contributed by atoms with Gasteiger partial charge in [0.2, 0.25) is 11.8 Å². The third-order valence-electron chi connectivity index (χ3n) is 4.68. The number of hydrogen-bond acceptors (Lipinski definition) is 5. The first-order chi connectivity index (χ1) is 13.9. The van der Waals surface area contributed by atoms with Gasteiger partial charge in [-0.15, -0.1) is 0 Å². The molecule has 0 saturated heterocycles. The highest BCUT2D eigenvalue weighted by molar-refractivity contribution is 6.06. The summed E-state index contributed by atoms with van der Waals surface area (Å²) in [5.74, 6) is -2.13. The van der Waals surface area contributed by atoms with Gasteiger partial charge >= 0.3 is 5.97 Å². The highest BCUT2D eigenvalue weighted by Gasteiger charge is 2.48. The van der Waals surface area contributed by atoms with Crippen LogP contribution in [0.25, 0.3) is 0 Å². The van der Waals surface area contributed by atoms with Crippen LogP contribution in [0.5, 0.6) is 0 Å². The number of hydrogen-bond donors (Lipinski definition) is 2. The zero-order chi connectivity index (χ0) is 21.0. The molecule has 0 bridgehead atoms. The molecule has 2 N–H and O–H groups in total. The number of benzene rings is 2. The third-order valence-corrected chi connectivity index (χ3v) is 4.68. The second kappa shape index (κ2) is 8.68. The minimum atomic E-state index is -0.515. The van der Waals surface area contributed by atoms with E-state index in [1.807, 2.05) is 0 Å². The molecule has 2 aromatic rings. The van der Waals surface area contributed by atoms with Crippen LogP contribution in [0, 0.1) is 11.8 Å². The van der Waals surface area contributed by atoms with Crippen molar-refractivity contribution in [2.24, 2.45) is 11.8 Å². The minimum absolute atomic E-state index is 0.0926. The van der Waals surface area contributed by atoms with Gasteiger partial charge < -0.3 is 15.4 Å². The number of ether oxygens (including phenoxy) is 1. The van der Waals surface area contributed by atoms with Crippen LogP contribution < -0.4 is 10.6 Å². The van der Waals surface area contributed by atoms with E-state index in [-0.39, 0.29) is 29.8 Å². The Morgan fingerprint density at radius 1 is 0.966 bits per heavy atom. The molecular formula is C22H22N2O5. The molecule has 7 nitrogen and oxygen atoms in total. The van der Waals surface area contributed by atoms with Crippen LogP contribution in [0.1, 0.15) is 41.0 Å². The lowest BCUT2D eigenvalue weighted by Crippen LogP contribution is -2.21. The molecule has 1 aliphatic rings. The number of anilines is 2. The van der Waals surface area contributed by atoms with E-state index in [4.69, 9.17) is 4.74 Å². The van der Waals surface area contributed by atoms with Crippen LogP contribution in [0.15, 0.2) is 48.5 Å². The maximum atomic E-state index is 12.5. The van der Waals surface area contributed by atoms with Crippen molar-refractivity contribution in [1.82, 2.24) is 0 Å². The van der Waals surface area contributed by atoms with Gasteiger partial charge in [0.15, 0.2) is 5.78 Å². The van der Waals surface area contributed by atoms with Crippen molar-refractivity contribution in [1.29, 1.82) is 0 Å². The maximum Gasteiger partial charge on any atom is 0.340 e. The Hall–Kier alpha value is -3.48. The predicted molar refractivity (Wildman–Crippen MR) is 108 cm³/mol. The molecule has 0 aromatic heterocycles. The number of carbonyl (C=O) groups excluding carboxylic acids is 4. The smallest absolute Gasteiger partial charge is 0.340 e. The fraction of sp³-hybridized carbons (Fsp3) is 0.273. The molecule has 0 spiro atoms. The number of rotatable bonds is 7. The van der Waals surface area contributed by atoms with E-state index in [9.17, 15) is 19.2 Å². The summed E-state index contributed by atoms with van der Waals surface area (Å²) in [5, 5.41) is 5.47. The number of amides is 2. The van der Waals surface area contributed by atoms with Gasteiger partial charge in [-0.2, -0.15) is 0 Å². The average molecular weight is 394 g/mol. The van der Waals surface area contributed by atoms with Crippen molar-refractivity contribution in [2.75, 3.05) is 17.2 Å². The summed E-state index contributed by atoms with van der Waals surface area (Å²) in [5.41, 5.74) is 1.64. The van der Waals surface area contributed by atoms with Gasteiger partial charge in [0.1, 0.15) is 0 Å². The predicted octanol–water partition coefficient (Wildman–Crippen LogP) is 3.28. The Bertz CT molecular complexity index is 969. The number of para-hydroxylation sites is 1. The van der Waals surface area contributed by atoms with E-state index in [0.29, 0.717) is 23.4 Å². The van der Waals surface area contributed by atoms with Gasteiger partial charge in [-0.05, 0) is 44.5 Å².